The average Bonchev–Trinajstić information content (AvgIpc) is 2.36. The minimum Gasteiger partial charge on any atom is -0.496 e. The van der Waals surface area contributed by atoms with E-state index in [-0.39, 0.29) is 5.91 Å². The normalized spacial score (nSPS) is 10.1. The maximum atomic E-state index is 12.4. The van der Waals surface area contributed by atoms with Gasteiger partial charge in [-0.2, -0.15) is 0 Å². The van der Waals surface area contributed by atoms with Crippen molar-refractivity contribution in [1.82, 2.24) is 4.90 Å². The molecule has 1 aromatic rings. The van der Waals surface area contributed by atoms with Crippen LogP contribution in [-0.4, -0.2) is 36.0 Å². The molecule has 0 saturated carbocycles. The number of ether oxygens (including phenoxy) is 1. The molecule has 0 aromatic heterocycles. The van der Waals surface area contributed by atoms with Gasteiger partial charge >= 0.3 is 0 Å². The molecule has 0 fully saturated rings. The van der Waals surface area contributed by atoms with Crippen LogP contribution in [0.15, 0.2) is 22.7 Å². The predicted octanol–water partition coefficient (Wildman–Crippen LogP) is 2.60. The van der Waals surface area contributed by atoms with Gasteiger partial charge < -0.3 is 15.4 Å². The quantitative estimate of drug-likeness (QED) is 0.806. The van der Waals surface area contributed by atoms with Crippen LogP contribution in [0.5, 0.6) is 5.75 Å². The topological polar surface area (TPSA) is 55.6 Å². The molecule has 0 saturated heterocycles. The smallest absolute Gasteiger partial charge is 0.254 e. The number of thiocarbonyl (C=S) groups is 1. The summed E-state index contributed by atoms with van der Waals surface area (Å²) in [5.41, 5.74) is 6.10. The molecule has 0 aliphatic rings. The number of nitrogens with two attached hydrogens (primary N) is 1. The molecule has 1 rings (SSSR count). The van der Waals surface area contributed by atoms with E-state index in [2.05, 4.69) is 15.9 Å². The molecule has 4 nitrogen and oxygen atoms in total. The molecule has 104 valence electrons. The molecule has 0 atom stereocenters. The summed E-state index contributed by atoms with van der Waals surface area (Å²) in [5, 5.41) is 0. The number of halogens is 1. The summed E-state index contributed by atoms with van der Waals surface area (Å²) in [7, 11) is 1.58. The molecule has 6 heteroatoms. The van der Waals surface area contributed by atoms with Crippen molar-refractivity contribution in [2.45, 2.75) is 13.3 Å². The van der Waals surface area contributed by atoms with Crippen LogP contribution in [0.3, 0.4) is 0 Å². The molecule has 0 spiro atoms. The molecule has 0 aliphatic carbocycles. The van der Waals surface area contributed by atoms with Crippen LogP contribution in [0.1, 0.15) is 23.7 Å². The summed E-state index contributed by atoms with van der Waals surface area (Å²) in [5.74, 6) is 0.603. The van der Waals surface area contributed by atoms with E-state index < -0.39 is 0 Å². The first-order chi connectivity index (χ1) is 8.99. The highest BCUT2D eigenvalue weighted by atomic mass is 79.9. The van der Waals surface area contributed by atoms with E-state index in [9.17, 15) is 4.79 Å². The van der Waals surface area contributed by atoms with Gasteiger partial charge in [-0.15, -0.1) is 0 Å². The lowest BCUT2D eigenvalue weighted by molar-refractivity contribution is 0.0780. The number of methoxy groups -OCH3 is 1. The summed E-state index contributed by atoms with van der Waals surface area (Å²) in [4.78, 5) is 14.3. The molecule has 0 aliphatic heterocycles. The molecule has 0 heterocycles. The van der Waals surface area contributed by atoms with Gasteiger partial charge in [0.25, 0.3) is 5.91 Å². The lowest BCUT2D eigenvalue weighted by atomic mass is 10.2. The zero-order valence-electron chi connectivity index (χ0n) is 11.0. The van der Waals surface area contributed by atoms with E-state index >= 15 is 0 Å². The minimum atomic E-state index is -0.0852. The number of hydrogen-bond acceptors (Lipinski definition) is 3. The Labute approximate surface area is 127 Å². The van der Waals surface area contributed by atoms with Gasteiger partial charge in [0.2, 0.25) is 0 Å². The first kappa shape index (κ1) is 15.9. The molecule has 0 bridgehead atoms. The van der Waals surface area contributed by atoms with E-state index in [0.29, 0.717) is 29.4 Å². The fraction of sp³-hybridized carbons (Fsp3) is 0.385. The number of carbonyl (C=O) groups is 1. The van der Waals surface area contributed by atoms with Gasteiger partial charge in [0, 0.05) is 12.1 Å². The van der Waals surface area contributed by atoms with E-state index in [1.54, 1.807) is 30.2 Å². The standard InChI is InChI=1S/C13H17BrN2O2S/c1-3-6-16(8-12(15)19)13(17)9-4-5-11(18-2)10(14)7-9/h4-5,7H,3,6,8H2,1-2H3,(H2,15,19). The molecule has 19 heavy (non-hydrogen) atoms. The highest BCUT2D eigenvalue weighted by Gasteiger charge is 2.16. The third-order valence-electron chi connectivity index (χ3n) is 2.53. The van der Waals surface area contributed by atoms with Crippen LogP contribution in [-0.2, 0) is 0 Å². The van der Waals surface area contributed by atoms with Crippen molar-refractivity contribution in [2.75, 3.05) is 20.2 Å². The van der Waals surface area contributed by atoms with Crippen LogP contribution in [0.4, 0.5) is 0 Å². The van der Waals surface area contributed by atoms with Gasteiger partial charge in [0.1, 0.15) is 5.75 Å². The maximum absolute atomic E-state index is 12.4. The van der Waals surface area contributed by atoms with Crippen LogP contribution in [0, 0.1) is 0 Å². The minimum absolute atomic E-state index is 0.0852. The lowest BCUT2D eigenvalue weighted by Gasteiger charge is -2.21. The van der Waals surface area contributed by atoms with Gasteiger partial charge in [-0.25, -0.2) is 0 Å². The lowest BCUT2D eigenvalue weighted by Crippen LogP contribution is -2.38. The van der Waals surface area contributed by atoms with Gasteiger partial charge in [-0.05, 0) is 40.5 Å². The Morgan fingerprint density at radius 2 is 2.21 bits per heavy atom. The van der Waals surface area contributed by atoms with Crippen LogP contribution in [0.25, 0.3) is 0 Å². The molecule has 0 unspecified atom stereocenters. The van der Waals surface area contributed by atoms with Gasteiger partial charge in [0.15, 0.2) is 0 Å². The molecule has 1 aromatic carbocycles. The van der Waals surface area contributed by atoms with Crippen molar-refractivity contribution in [3.8, 4) is 5.75 Å². The fourth-order valence-electron chi connectivity index (χ4n) is 1.69. The number of nitrogens with zero attached hydrogens (tertiary/aromatic N) is 1. The van der Waals surface area contributed by atoms with Gasteiger partial charge in [-0.1, -0.05) is 19.1 Å². The second kappa shape index (κ2) is 7.45. The highest BCUT2D eigenvalue weighted by Crippen LogP contribution is 2.26. The predicted molar refractivity (Wildman–Crippen MR) is 83.7 cm³/mol. The van der Waals surface area contributed by atoms with Crippen LogP contribution in [0.2, 0.25) is 0 Å². The van der Waals surface area contributed by atoms with Crippen molar-refractivity contribution < 1.29 is 9.53 Å². The molecular weight excluding hydrogens is 328 g/mol. The Morgan fingerprint density at radius 3 is 2.68 bits per heavy atom. The summed E-state index contributed by atoms with van der Waals surface area (Å²) < 4.78 is 5.88. The summed E-state index contributed by atoms with van der Waals surface area (Å²) >= 11 is 8.24. The third-order valence-corrected chi connectivity index (χ3v) is 3.27. The molecule has 0 radical (unpaired) electrons. The van der Waals surface area contributed by atoms with E-state index in [1.165, 1.54) is 0 Å². The number of benzene rings is 1. The summed E-state index contributed by atoms with van der Waals surface area (Å²) in [6.07, 6.45) is 0.853. The van der Waals surface area contributed by atoms with Crippen molar-refractivity contribution in [3.05, 3.63) is 28.2 Å². The Morgan fingerprint density at radius 1 is 1.53 bits per heavy atom. The Kier molecular flexibility index (Phi) is 6.24. The second-order valence-corrected chi connectivity index (χ2v) is 5.42. The number of hydrogen-bond donors (Lipinski definition) is 1. The number of rotatable bonds is 6. The van der Waals surface area contributed by atoms with E-state index in [4.69, 9.17) is 22.7 Å². The van der Waals surface area contributed by atoms with Crippen molar-refractivity contribution in [3.63, 3.8) is 0 Å². The summed E-state index contributed by atoms with van der Waals surface area (Å²) in [6, 6.07) is 5.22. The third kappa shape index (κ3) is 4.47. The van der Waals surface area contributed by atoms with Crippen molar-refractivity contribution in [2.24, 2.45) is 5.73 Å². The number of amides is 1. The van der Waals surface area contributed by atoms with E-state index in [1.807, 2.05) is 6.92 Å². The molecule has 2 N–H and O–H groups in total. The monoisotopic (exact) mass is 344 g/mol. The highest BCUT2D eigenvalue weighted by molar-refractivity contribution is 9.10. The number of carbonyl (C=O) groups excluding carboxylic acids is 1. The fourth-order valence-corrected chi connectivity index (χ4v) is 2.39. The van der Waals surface area contributed by atoms with Crippen molar-refractivity contribution in [1.29, 1.82) is 0 Å². The van der Waals surface area contributed by atoms with Gasteiger partial charge in [0.05, 0.1) is 23.1 Å². The Balaban J connectivity index is 2.95. The second-order valence-electron chi connectivity index (χ2n) is 4.04. The maximum Gasteiger partial charge on any atom is 0.254 e. The van der Waals surface area contributed by atoms with Crippen LogP contribution < -0.4 is 10.5 Å². The van der Waals surface area contributed by atoms with Crippen LogP contribution >= 0.6 is 28.1 Å². The largest absolute Gasteiger partial charge is 0.496 e. The first-order valence-corrected chi connectivity index (χ1v) is 7.10. The average molecular weight is 345 g/mol. The molecular formula is C13H17BrN2O2S. The zero-order valence-corrected chi connectivity index (χ0v) is 13.4. The van der Waals surface area contributed by atoms with Gasteiger partial charge in [-0.3, -0.25) is 4.79 Å². The molecule has 1 amide bonds. The zero-order chi connectivity index (χ0) is 14.4. The van der Waals surface area contributed by atoms with Crippen molar-refractivity contribution >= 4 is 39.0 Å². The van der Waals surface area contributed by atoms with E-state index in [0.717, 1.165) is 10.9 Å². The first-order valence-electron chi connectivity index (χ1n) is 5.90. The Hall–Kier alpha value is -1.14. The SMILES string of the molecule is CCCN(CC(N)=S)C(=O)c1ccc(OC)c(Br)c1. The summed E-state index contributed by atoms with van der Waals surface area (Å²) in [6.45, 7) is 2.93. The Bertz CT molecular complexity index is 480.